The molecule has 1 saturated heterocycles. The molecule has 0 spiro atoms. The lowest BCUT2D eigenvalue weighted by Gasteiger charge is -2.20. The summed E-state index contributed by atoms with van der Waals surface area (Å²) in [4.78, 5) is 13.9. The third-order valence-corrected chi connectivity index (χ3v) is 5.48. The number of hydrogen-bond donors (Lipinski definition) is 0. The Morgan fingerprint density at radius 3 is 2.70 bits per heavy atom. The minimum Gasteiger partial charge on any atom is -0.285 e. The SMILES string of the molecule is C/C(=N\N=C1\SCC(=O)N1Cc1ccccc1)C1CCCCC1. The molecule has 23 heavy (non-hydrogen) atoms. The second-order valence-corrected chi connectivity index (χ2v) is 7.16. The number of thioether (sulfide) groups is 1. The Bertz CT molecular complexity index is 606. The Balaban J connectivity index is 1.70. The van der Waals surface area contributed by atoms with Crippen molar-refractivity contribution in [1.82, 2.24) is 4.90 Å². The van der Waals surface area contributed by atoms with Gasteiger partial charge in [0.15, 0.2) is 5.17 Å². The van der Waals surface area contributed by atoms with Gasteiger partial charge in [-0.05, 0) is 31.2 Å². The van der Waals surface area contributed by atoms with Crippen molar-refractivity contribution in [1.29, 1.82) is 0 Å². The van der Waals surface area contributed by atoms with Crippen molar-refractivity contribution in [3.63, 3.8) is 0 Å². The lowest BCUT2D eigenvalue weighted by atomic mass is 9.86. The normalized spacial score (nSPS) is 22.1. The fraction of sp³-hybridized carbons (Fsp3) is 0.500. The second kappa shape index (κ2) is 7.77. The van der Waals surface area contributed by atoms with E-state index in [1.807, 2.05) is 30.3 Å². The van der Waals surface area contributed by atoms with Crippen LogP contribution in [0.4, 0.5) is 0 Å². The van der Waals surface area contributed by atoms with Gasteiger partial charge in [-0.1, -0.05) is 61.4 Å². The number of nitrogens with zero attached hydrogens (tertiary/aromatic N) is 3. The predicted molar refractivity (Wildman–Crippen MR) is 96.6 cm³/mol. The van der Waals surface area contributed by atoms with Gasteiger partial charge in [0, 0.05) is 5.71 Å². The number of hydrogen-bond acceptors (Lipinski definition) is 4. The van der Waals surface area contributed by atoms with Crippen LogP contribution in [0.25, 0.3) is 0 Å². The molecule has 4 nitrogen and oxygen atoms in total. The molecule has 122 valence electrons. The van der Waals surface area contributed by atoms with E-state index in [-0.39, 0.29) is 5.91 Å². The van der Waals surface area contributed by atoms with Crippen LogP contribution in [0.1, 0.15) is 44.6 Å². The summed E-state index contributed by atoms with van der Waals surface area (Å²) in [7, 11) is 0. The van der Waals surface area contributed by atoms with Crippen LogP contribution in [0, 0.1) is 5.92 Å². The highest BCUT2D eigenvalue weighted by Gasteiger charge is 2.28. The zero-order valence-electron chi connectivity index (χ0n) is 13.6. The second-order valence-electron chi connectivity index (χ2n) is 6.21. The minimum atomic E-state index is 0.114. The Labute approximate surface area is 142 Å². The van der Waals surface area contributed by atoms with Crippen molar-refractivity contribution in [2.45, 2.75) is 45.6 Å². The predicted octanol–water partition coefficient (Wildman–Crippen LogP) is 4.07. The van der Waals surface area contributed by atoms with Gasteiger partial charge in [0.25, 0.3) is 0 Å². The first-order valence-electron chi connectivity index (χ1n) is 8.33. The third kappa shape index (κ3) is 4.22. The molecule has 0 aromatic heterocycles. The van der Waals surface area contributed by atoms with Crippen molar-refractivity contribution >= 4 is 28.5 Å². The van der Waals surface area contributed by atoms with E-state index in [4.69, 9.17) is 0 Å². The summed E-state index contributed by atoms with van der Waals surface area (Å²) in [6, 6.07) is 10.0. The van der Waals surface area contributed by atoms with Crippen LogP contribution in [0.15, 0.2) is 40.5 Å². The lowest BCUT2D eigenvalue weighted by Crippen LogP contribution is -2.28. The first-order valence-corrected chi connectivity index (χ1v) is 9.32. The molecule has 0 unspecified atom stereocenters. The topological polar surface area (TPSA) is 45.0 Å². The van der Waals surface area contributed by atoms with E-state index in [1.165, 1.54) is 43.9 Å². The van der Waals surface area contributed by atoms with Gasteiger partial charge in [-0.25, -0.2) is 0 Å². The quantitative estimate of drug-likeness (QED) is 0.617. The molecule has 1 saturated carbocycles. The molecule has 1 aromatic carbocycles. The molecular weight excluding hydrogens is 306 g/mol. The summed E-state index contributed by atoms with van der Waals surface area (Å²) < 4.78 is 0. The van der Waals surface area contributed by atoms with Gasteiger partial charge < -0.3 is 0 Å². The molecule has 2 fully saturated rings. The van der Waals surface area contributed by atoms with E-state index in [2.05, 4.69) is 17.1 Å². The number of carbonyl (C=O) groups is 1. The van der Waals surface area contributed by atoms with Crippen LogP contribution in [0.2, 0.25) is 0 Å². The number of amidine groups is 1. The van der Waals surface area contributed by atoms with E-state index in [9.17, 15) is 4.79 Å². The molecule has 3 rings (SSSR count). The average molecular weight is 329 g/mol. The number of rotatable bonds is 4. The summed E-state index contributed by atoms with van der Waals surface area (Å²) in [5.74, 6) is 1.14. The fourth-order valence-electron chi connectivity index (χ4n) is 3.12. The summed E-state index contributed by atoms with van der Waals surface area (Å²) in [5, 5.41) is 9.58. The molecule has 1 aliphatic heterocycles. The molecule has 2 aliphatic rings. The Hall–Kier alpha value is -1.62. The Morgan fingerprint density at radius 2 is 1.96 bits per heavy atom. The lowest BCUT2D eigenvalue weighted by molar-refractivity contribution is -0.124. The van der Waals surface area contributed by atoms with Gasteiger partial charge in [-0.15, -0.1) is 5.10 Å². The maximum absolute atomic E-state index is 12.1. The highest BCUT2D eigenvalue weighted by Crippen LogP contribution is 2.26. The smallest absolute Gasteiger partial charge is 0.239 e. The van der Waals surface area contributed by atoms with Crippen LogP contribution in [0.3, 0.4) is 0 Å². The van der Waals surface area contributed by atoms with Gasteiger partial charge in [-0.2, -0.15) is 5.10 Å². The monoisotopic (exact) mass is 329 g/mol. The van der Waals surface area contributed by atoms with Gasteiger partial charge >= 0.3 is 0 Å². The zero-order valence-corrected chi connectivity index (χ0v) is 14.4. The highest BCUT2D eigenvalue weighted by molar-refractivity contribution is 8.15. The summed E-state index contributed by atoms with van der Waals surface area (Å²) in [6.07, 6.45) is 6.37. The van der Waals surface area contributed by atoms with E-state index in [0.717, 1.165) is 16.4 Å². The number of amides is 1. The molecule has 0 radical (unpaired) electrons. The van der Waals surface area contributed by atoms with Crippen LogP contribution >= 0.6 is 11.8 Å². The highest BCUT2D eigenvalue weighted by atomic mass is 32.2. The maximum atomic E-state index is 12.1. The molecule has 0 bridgehead atoms. The van der Waals surface area contributed by atoms with Gasteiger partial charge in [0.05, 0.1) is 12.3 Å². The van der Waals surface area contributed by atoms with E-state index < -0.39 is 0 Å². The molecule has 5 heteroatoms. The van der Waals surface area contributed by atoms with Crippen molar-refractivity contribution in [2.75, 3.05) is 5.75 Å². The number of carbonyl (C=O) groups excluding carboxylic acids is 1. The molecular formula is C18H23N3OS. The third-order valence-electron chi connectivity index (χ3n) is 4.53. The van der Waals surface area contributed by atoms with Gasteiger partial charge in [-0.3, -0.25) is 9.69 Å². The molecule has 1 aromatic rings. The standard InChI is InChI=1S/C18H23N3OS/c1-14(16-10-6-3-7-11-16)19-20-18-21(17(22)13-23-18)12-15-8-4-2-5-9-15/h2,4-5,8-9,16H,3,6-7,10-13H2,1H3/b19-14+,20-18+. The molecule has 1 amide bonds. The van der Waals surface area contributed by atoms with E-state index in [1.54, 1.807) is 4.90 Å². The molecule has 0 N–H and O–H groups in total. The Kier molecular flexibility index (Phi) is 5.49. The first-order chi connectivity index (χ1) is 11.2. The van der Waals surface area contributed by atoms with Crippen LogP contribution in [0.5, 0.6) is 0 Å². The van der Waals surface area contributed by atoms with Gasteiger partial charge in [0.2, 0.25) is 5.91 Å². The summed E-state index contributed by atoms with van der Waals surface area (Å²) in [6.45, 7) is 2.65. The Morgan fingerprint density at radius 1 is 1.22 bits per heavy atom. The summed E-state index contributed by atoms with van der Waals surface area (Å²) >= 11 is 1.49. The van der Waals surface area contributed by atoms with Crippen molar-refractivity contribution in [2.24, 2.45) is 16.1 Å². The van der Waals surface area contributed by atoms with Crippen molar-refractivity contribution in [3.05, 3.63) is 35.9 Å². The van der Waals surface area contributed by atoms with Crippen molar-refractivity contribution < 1.29 is 4.79 Å². The maximum Gasteiger partial charge on any atom is 0.239 e. The zero-order chi connectivity index (χ0) is 16.1. The fourth-order valence-corrected chi connectivity index (χ4v) is 3.95. The van der Waals surface area contributed by atoms with Gasteiger partial charge in [0.1, 0.15) is 0 Å². The van der Waals surface area contributed by atoms with Crippen molar-refractivity contribution in [3.8, 4) is 0 Å². The molecule has 1 heterocycles. The average Bonchev–Trinajstić information content (AvgIpc) is 2.94. The summed E-state index contributed by atoms with van der Waals surface area (Å²) in [5.41, 5.74) is 2.22. The van der Waals surface area contributed by atoms with Crippen LogP contribution in [-0.4, -0.2) is 27.4 Å². The first kappa shape index (κ1) is 16.2. The molecule has 1 aliphatic carbocycles. The largest absolute Gasteiger partial charge is 0.285 e. The van der Waals surface area contributed by atoms with E-state index in [0.29, 0.717) is 18.2 Å². The molecule has 0 atom stereocenters. The minimum absolute atomic E-state index is 0.114. The number of benzene rings is 1. The van der Waals surface area contributed by atoms with E-state index >= 15 is 0 Å². The van der Waals surface area contributed by atoms with Crippen LogP contribution in [-0.2, 0) is 11.3 Å². The van der Waals surface area contributed by atoms with Crippen LogP contribution < -0.4 is 0 Å².